The van der Waals surface area contributed by atoms with Crippen molar-refractivity contribution in [1.29, 1.82) is 0 Å². The predicted octanol–water partition coefficient (Wildman–Crippen LogP) is 4.60. The van der Waals surface area contributed by atoms with Crippen LogP contribution in [0.15, 0.2) is 47.0 Å². The van der Waals surface area contributed by atoms with Crippen LogP contribution in [-0.4, -0.2) is 29.0 Å². The molecule has 0 radical (unpaired) electrons. The molecule has 1 aliphatic heterocycles. The van der Waals surface area contributed by atoms with Crippen LogP contribution < -0.4 is 9.64 Å². The number of alkyl halides is 3. The first-order valence-electron chi connectivity index (χ1n) is 8.96. The van der Waals surface area contributed by atoms with E-state index in [2.05, 4.69) is 14.9 Å². The van der Waals surface area contributed by atoms with Crippen molar-refractivity contribution in [2.75, 3.05) is 11.4 Å². The molecule has 6 nitrogen and oxygen atoms in total. The summed E-state index contributed by atoms with van der Waals surface area (Å²) < 4.78 is 60.1. The van der Waals surface area contributed by atoms with Crippen LogP contribution >= 0.6 is 0 Å². The van der Waals surface area contributed by atoms with Gasteiger partial charge in [0.2, 0.25) is 17.6 Å². The maximum atomic E-state index is 14.2. The number of aryl methyl sites for hydroxylation is 1. The normalized spacial score (nSPS) is 16.9. The first-order valence-corrected chi connectivity index (χ1v) is 8.96. The molecule has 1 saturated heterocycles. The number of anilines is 1. The highest BCUT2D eigenvalue weighted by molar-refractivity contribution is 5.96. The lowest BCUT2D eigenvalue weighted by Crippen LogP contribution is -2.25. The van der Waals surface area contributed by atoms with Crippen molar-refractivity contribution in [2.24, 2.45) is 0 Å². The molecule has 156 valence electrons. The molecule has 1 amide bonds. The van der Waals surface area contributed by atoms with Crippen LogP contribution in [0.5, 0.6) is 5.75 Å². The molecule has 30 heavy (non-hydrogen) atoms. The fraction of sp³-hybridized carbons (Fsp3) is 0.250. The van der Waals surface area contributed by atoms with Gasteiger partial charge in [-0.05, 0) is 48.9 Å². The number of benzene rings is 2. The maximum Gasteiger partial charge on any atom is 0.573 e. The molecular weight excluding hydrogens is 406 g/mol. The molecule has 2 aromatic carbocycles. The van der Waals surface area contributed by atoms with Gasteiger partial charge >= 0.3 is 6.36 Å². The van der Waals surface area contributed by atoms with Crippen molar-refractivity contribution in [3.8, 4) is 17.1 Å². The molecule has 0 aliphatic carbocycles. The number of amides is 1. The molecule has 0 bridgehead atoms. The summed E-state index contributed by atoms with van der Waals surface area (Å²) in [6.45, 7) is 1.93. The summed E-state index contributed by atoms with van der Waals surface area (Å²) in [7, 11) is 0. The molecule has 3 aromatic rings. The monoisotopic (exact) mass is 421 g/mol. The highest BCUT2D eigenvalue weighted by Crippen LogP contribution is 2.33. The van der Waals surface area contributed by atoms with E-state index in [-0.39, 0.29) is 42.0 Å². The Morgan fingerprint density at radius 3 is 2.57 bits per heavy atom. The number of carbonyl (C=O) groups is 1. The minimum absolute atomic E-state index is 0.0767. The summed E-state index contributed by atoms with van der Waals surface area (Å²) in [4.78, 5) is 18.0. The molecule has 1 atom stereocenters. The van der Waals surface area contributed by atoms with Crippen LogP contribution in [-0.2, 0) is 4.79 Å². The van der Waals surface area contributed by atoms with E-state index in [0.29, 0.717) is 5.56 Å². The summed E-state index contributed by atoms with van der Waals surface area (Å²) in [5, 5.41) is 3.83. The predicted molar refractivity (Wildman–Crippen MR) is 97.3 cm³/mol. The number of ether oxygens (including phenoxy) is 1. The second-order valence-electron chi connectivity index (χ2n) is 6.89. The summed E-state index contributed by atoms with van der Waals surface area (Å²) in [6.07, 6.45) is -4.70. The van der Waals surface area contributed by atoms with Crippen molar-refractivity contribution >= 4 is 11.6 Å². The van der Waals surface area contributed by atoms with Gasteiger partial charge in [0.25, 0.3) is 0 Å². The van der Waals surface area contributed by atoms with E-state index in [1.54, 1.807) is 19.1 Å². The van der Waals surface area contributed by atoms with Crippen LogP contribution in [0.4, 0.5) is 23.2 Å². The lowest BCUT2D eigenvalue weighted by molar-refractivity contribution is -0.274. The molecule has 10 heteroatoms. The SMILES string of the molecule is Cc1ccc(N2CC(c3nc(-c4ccc(OC(F)(F)F)cc4)no3)CC2=O)c(F)c1. The minimum Gasteiger partial charge on any atom is -0.406 e. The highest BCUT2D eigenvalue weighted by atomic mass is 19.4. The van der Waals surface area contributed by atoms with Crippen LogP contribution in [0.25, 0.3) is 11.4 Å². The van der Waals surface area contributed by atoms with Crippen molar-refractivity contribution in [3.63, 3.8) is 0 Å². The third-order valence-electron chi connectivity index (χ3n) is 4.66. The van der Waals surface area contributed by atoms with E-state index >= 15 is 0 Å². The Labute approximate surface area is 168 Å². The van der Waals surface area contributed by atoms with Crippen LogP contribution in [0.2, 0.25) is 0 Å². The number of hydrogen-bond donors (Lipinski definition) is 0. The Morgan fingerprint density at radius 2 is 1.90 bits per heavy atom. The molecule has 2 heterocycles. The molecular formula is C20H15F4N3O3. The molecule has 1 unspecified atom stereocenters. The Balaban J connectivity index is 1.50. The Kier molecular flexibility index (Phi) is 4.92. The fourth-order valence-corrected chi connectivity index (χ4v) is 3.26. The standard InChI is InChI=1S/C20H15F4N3O3/c1-11-2-7-16(15(21)8-11)27-10-13(9-17(27)28)19-25-18(26-30-19)12-3-5-14(6-4-12)29-20(22,23)24/h2-8,13H,9-10H2,1H3. The van der Waals surface area contributed by atoms with Gasteiger partial charge < -0.3 is 14.2 Å². The summed E-state index contributed by atoms with van der Waals surface area (Å²) >= 11 is 0. The highest BCUT2D eigenvalue weighted by Gasteiger charge is 2.36. The first-order chi connectivity index (χ1) is 14.2. The molecule has 0 saturated carbocycles. The number of rotatable bonds is 4. The van der Waals surface area contributed by atoms with Crippen LogP contribution in [0.3, 0.4) is 0 Å². The number of hydrogen-bond acceptors (Lipinski definition) is 5. The lowest BCUT2D eigenvalue weighted by Gasteiger charge is -2.17. The first kappa shape index (κ1) is 19.9. The maximum absolute atomic E-state index is 14.2. The molecule has 0 spiro atoms. The topological polar surface area (TPSA) is 68.5 Å². The third-order valence-corrected chi connectivity index (χ3v) is 4.66. The van der Waals surface area contributed by atoms with E-state index < -0.39 is 18.1 Å². The van der Waals surface area contributed by atoms with Gasteiger partial charge in [0.15, 0.2) is 0 Å². The number of aromatic nitrogens is 2. The average molecular weight is 421 g/mol. The van der Waals surface area contributed by atoms with E-state index in [1.165, 1.54) is 23.1 Å². The smallest absolute Gasteiger partial charge is 0.406 e. The van der Waals surface area contributed by atoms with Gasteiger partial charge in [-0.25, -0.2) is 4.39 Å². The Bertz CT molecular complexity index is 1080. The van der Waals surface area contributed by atoms with Crippen molar-refractivity contribution in [2.45, 2.75) is 25.6 Å². The molecule has 4 rings (SSSR count). The van der Waals surface area contributed by atoms with Gasteiger partial charge in [-0.2, -0.15) is 4.98 Å². The summed E-state index contributed by atoms with van der Waals surface area (Å²) in [5.74, 6) is -1.19. The van der Waals surface area contributed by atoms with E-state index in [1.807, 2.05) is 0 Å². The molecule has 1 aliphatic rings. The molecule has 1 aromatic heterocycles. The van der Waals surface area contributed by atoms with E-state index in [0.717, 1.165) is 17.7 Å². The van der Waals surface area contributed by atoms with Gasteiger partial charge in [0, 0.05) is 18.5 Å². The Hall–Kier alpha value is -3.43. The Morgan fingerprint density at radius 1 is 1.17 bits per heavy atom. The van der Waals surface area contributed by atoms with Crippen molar-refractivity contribution < 1.29 is 31.6 Å². The van der Waals surface area contributed by atoms with Crippen LogP contribution in [0, 0.1) is 12.7 Å². The van der Waals surface area contributed by atoms with Gasteiger partial charge in [-0.1, -0.05) is 11.2 Å². The zero-order valence-electron chi connectivity index (χ0n) is 15.6. The number of carbonyl (C=O) groups excluding carboxylic acids is 1. The zero-order chi connectivity index (χ0) is 21.5. The van der Waals surface area contributed by atoms with Crippen LogP contribution in [0.1, 0.15) is 23.8 Å². The minimum atomic E-state index is -4.78. The number of halogens is 4. The van der Waals surface area contributed by atoms with Gasteiger partial charge in [-0.15, -0.1) is 13.2 Å². The van der Waals surface area contributed by atoms with E-state index in [4.69, 9.17) is 4.52 Å². The quantitative estimate of drug-likeness (QED) is 0.576. The number of nitrogens with zero attached hydrogens (tertiary/aromatic N) is 3. The average Bonchev–Trinajstić information content (AvgIpc) is 3.28. The van der Waals surface area contributed by atoms with Crippen molar-refractivity contribution in [3.05, 3.63) is 59.7 Å². The molecule has 0 N–H and O–H groups in total. The van der Waals surface area contributed by atoms with Gasteiger partial charge in [-0.3, -0.25) is 4.79 Å². The fourth-order valence-electron chi connectivity index (χ4n) is 3.26. The molecule has 1 fully saturated rings. The van der Waals surface area contributed by atoms with Gasteiger partial charge in [0.1, 0.15) is 11.6 Å². The largest absolute Gasteiger partial charge is 0.573 e. The zero-order valence-corrected chi connectivity index (χ0v) is 15.6. The van der Waals surface area contributed by atoms with E-state index in [9.17, 15) is 22.4 Å². The summed E-state index contributed by atoms with van der Waals surface area (Å²) in [5.41, 5.74) is 1.35. The third kappa shape index (κ3) is 4.12. The second kappa shape index (κ2) is 7.43. The van der Waals surface area contributed by atoms with Gasteiger partial charge in [0.05, 0.1) is 11.6 Å². The summed E-state index contributed by atoms with van der Waals surface area (Å²) in [6, 6.07) is 9.63. The second-order valence-corrected chi connectivity index (χ2v) is 6.89. The lowest BCUT2D eigenvalue weighted by atomic mass is 10.1. The van der Waals surface area contributed by atoms with Crippen molar-refractivity contribution in [1.82, 2.24) is 10.1 Å².